The number of nitrogens with zero attached hydrogens (tertiary/aromatic N) is 2. The van der Waals surface area contributed by atoms with Crippen LogP contribution in [0.3, 0.4) is 0 Å². The summed E-state index contributed by atoms with van der Waals surface area (Å²) in [5.74, 6) is 1.98. The Balaban J connectivity index is 1.81. The second kappa shape index (κ2) is 6.15. The molecule has 2 heterocycles. The van der Waals surface area contributed by atoms with E-state index in [-0.39, 0.29) is 0 Å². The van der Waals surface area contributed by atoms with Gasteiger partial charge in [-0.3, -0.25) is 0 Å². The summed E-state index contributed by atoms with van der Waals surface area (Å²) in [5.41, 5.74) is 2.12. The summed E-state index contributed by atoms with van der Waals surface area (Å²) in [6.45, 7) is 5.43. The van der Waals surface area contributed by atoms with Gasteiger partial charge in [-0.05, 0) is 57.3 Å². The van der Waals surface area contributed by atoms with E-state index in [1.807, 2.05) is 12.1 Å². The first-order valence-electron chi connectivity index (χ1n) is 7.64. The normalized spacial score (nSPS) is 19.6. The summed E-state index contributed by atoms with van der Waals surface area (Å²) in [6, 6.07) is 5.98. The third-order valence-electron chi connectivity index (χ3n) is 4.29. The zero-order valence-electron chi connectivity index (χ0n) is 12.0. The number of fused-ring (bicyclic) bond motifs is 1. The molecular weight excluding hydrogens is 270 g/mol. The molecule has 1 N–H and O–H groups in total. The molecule has 1 aromatic carbocycles. The van der Waals surface area contributed by atoms with E-state index in [9.17, 15) is 0 Å². The molecule has 3 nitrogen and oxygen atoms in total. The molecule has 1 fully saturated rings. The Morgan fingerprint density at radius 1 is 1.45 bits per heavy atom. The molecule has 1 atom stereocenters. The minimum Gasteiger partial charge on any atom is -0.327 e. The molecule has 1 aromatic heterocycles. The lowest BCUT2D eigenvalue weighted by atomic mass is 9.94. The molecule has 0 spiro atoms. The Bertz CT molecular complexity index is 585. The van der Waals surface area contributed by atoms with Crippen LogP contribution >= 0.6 is 11.6 Å². The smallest absolute Gasteiger partial charge is 0.109 e. The van der Waals surface area contributed by atoms with Gasteiger partial charge in [0.1, 0.15) is 5.82 Å². The summed E-state index contributed by atoms with van der Waals surface area (Å²) in [7, 11) is 0. The average molecular weight is 292 g/mol. The predicted molar refractivity (Wildman–Crippen MR) is 84.3 cm³/mol. The summed E-state index contributed by atoms with van der Waals surface area (Å²) >= 11 is 6.33. The van der Waals surface area contributed by atoms with Crippen molar-refractivity contribution in [1.82, 2.24) is 14.9 Å². The molecule has 0 aliphatic carbocycles. The molecule has 20 heavy (non-hydrogen) atoms. The quantitative estimate of drug-likeness (QED) is 0.932. The van der Waals surface area contributed by atoms with Gasteiger partial charge in [-0.2, -0.15) is 0 Å². The van der Waals surface area contributed by atoms with Gasteiger partial charge in [-0.1, -0.05) is 17.7 Å². The van der Waals surface area contributed by atoms with Crippen LogP contribution in [0.15, 0.2) is 18.2 Å². The molecule has 1 aliphatic heterocycles. The Morgan fingerprint density at radius 3 is 3.10 bits per heavy atom. The number of piperidine rings is 1. The predicted octanol–water partition coefficient (Wildman–Crippen LogP) is 3.64. The van der Waals surface area contributed by atoms with Crippen molar-refractivity contribution in [3.63, 3.8) is 0 Å². The lowest BCUT2D eigenvalue weighted by molar-refractivity contribution is 0.355. The zero-order valence-corrected chi connectivity index (χ0v) is 12.8. The standard InChI is InChI=1S/C16H22ClN3/c1-2-20-15(9-8-12-5-4-10-18-11-12)19-14-7-3-6-13(17)16(14)20/h3,6-7,12,18H,2,4-5,8-11H2,1H3. The Labute approximate surface area is 125 Å². The van der Waals surface area contributed by atoms with Crippen LogP contribution in [-0.4, -0.2) is 22.6 Å². The van der Waals surface area contributed by atoms with Gasteiger partial charge in [-0.15, -0.1) is 0 Å². The summed E-state index contributed by atoms with van der Waals surface area (Å²) in [6.07, 6.45) is 4.92. The van der Waals surface area contributed by atoms with Crippen molar-refractivity contribution in [3.05, 3.63) is 29.0 Å². The van der Waals surface area contributed by atoms with E-state index in [0.717, 1.165) is 41.5 Å². The second-order valence-corrected chi connectivity index (χ2v) is 6.04. The van der Waals surface area contributed by atoms with Crippen LogP contribution in [0.4, 0.5) is 0 Å². The van der Waals surface area contributed by atoms with E-state index in [4.69, 9.17) is 16.6 Å². The van der Waals surface area contributed by atoms with Gasteiger partial charge >= 0.3 is 0 Å². The van der Waals surface area contributed by atoms with Crippen molar-refractivity contribution in [2.24, 2.45) is 5.92 Å². The highest BCUT2D eigenvalue weighted by Gasteiger charge is 2.16. The van der Waals surface area contributed by atoms with Crippen LogP contribution in [0.25, 0.3) is 11.0 Å². The maximum atomic E-state index is 6.33. The molecule has 3 rings (SSSR count). The number of aryl methyl sites for hydroxylation is 2. The first-order valence-corrected chi connectivity index (χ1v) is 8.01. The van der Waals surface area contributed by atoms with Gasteiger partial charge in [0, 0.05) is 13.0 Å². The number of hydrogen-bond acceptors (Lipinski definition) is 2. The van der Waals surface area contributed by atoms with Crippen molar-refractivity contribution >= 4 is 22.6 Å². The largest absolute Gasteiger partial charge is 0.327 e. The Kier molecular flexibility index (Phi) is 4.27. The van der Waals surface area contributed by atoms with Crippen LogP contribution in [0.5, 0.6) is 0 Å². The number of rotatable bonds is 4. The minimum absolute atomic E-state index is 0.796. The van der Waals surface area contributed by atoms with E-state index < -0.39 is 0 Å². The average Bonchev–Trinajstić information content (AvgIpc) is 2.85. The SMILES string of the molecule is CCn1c(CCC2CCCNC2)nc2cccc(Cl)c21. The molecule has 108 valence electrons. The van der Waals surface area contributed by atoms with Crippen molar-refractivity contribution in [3.8, 4) is 0 Å². The van der Waals surface area contributed by atoms with Crippen LogP contribution in [-0.2, 0) is 13.0 Å². The maximum Gasteiger partial charge on any atom is 0.109 e. The summed E-state index contributed by atoms with van der Waals surface area (Å²) in [4.78, 5) is 4.79. The van der Waals surface area contributed by atoms with Gasteiger partial charge in [0.2, 0.25) is 0 Å². The highest BCUT2D eigenvalue weighted by atomic mass is 35.5. The number of hydrogen-bond donors (Lipinski definition) is 1. The maximum absolute atomic E-state index is 6.33. The van der Waals surface area contributed by atoms with E-state index in [1.54, 1.807) is 0 Å². The number of imidazole rings is 1. The topological polar surface area (TPSA) is 29.9 Å². The number of halogens is 1. The molecule has 4 heteroatoms. The fraction of sp³-hybridized carbons (Fsp3) is 0.562. The highest BCUT2D eigenvalue weighted by molar-refractivity contribution is 6.35. The van der Waals surface area contributed by atoms with Gasteiger partial charge in [-0.25, -0.2) is 4.98 Å². The van der Waals surface area contributed by atoms with E-state index in [1.165, 1.54) is 31.6 Å². The van der Waals surface area contributed by atoms with Crippen LogP contribution in [0.1, 0.15) is 32.0 Å². The van der Waals surface area contributed by atoms with E-state index >= 15 is 0 Å². The van der Waals surface area contributed by atoms with Crippen molar-refractivity contribution in [2.75, 3.05) is 13.1 Å². The van der Waals surface area contributed by atoms with Crippen molar-refractivity contribution < 1.29 is 0 Å². The molecule has 1 unspecified atom stereocenters. The fourth-order valence-electron chi connectivity index (χ4n) is 3.22. The highest BCUT2D eigenvalue weighted by Crippen LogP contribution is 2.26. The number of para-hydroxylation sites is 1. The Hall–Kier alpha value is -1.06. The molecular formula is C16H22ClN3. The van der Waals surface area contributed by atoms with E-state index in [0.29, 0.717) is 0 Å². The lowest BCUT2D eigenvalue weighted by Crippen LogP contribution is -2.30. The minimum atomic E-state index is 0.796. The molecule has 0 saturated carbocycles. The Morgan fingerprint density at radius 2 is 2.35 bits per heavy atom. The molecule has 2 aromatic rings. The van der Waals surface area contributed by atoms with E-state index in [2.05, 4.69) is 22.9 Å². The molecule has 1 aliphatic rings. The monoisotopic (exact) mass is 291 g/mol. The fourth-order valence-corrected chi connectivity index (χ4v) is 3.50. The zero-order chi connectivity index (χ0) is 13.9. The first-order chi connectivity index (χ1) is 9.79. The van der Waals surface area contributed by atoms with Gasteiger partial charge in [0.15, 0.2) is 0 Å². The van der Waals surface area contributed by atoms with Crippen LogP contribution in [0, 0.1) is 5.92 Å². The second-order valence-electron chi connectivity index (χ2n) is 5.63. The molecule has 0 radical (unpaired) electrons. The van der Waals surface area contributed by atoms with Crippen molar-refractivity contribution in [1.29, 1.82) is 0 Å². The number of nitrogens with one attached hydrogen (secondary N) is 1. The first kappa shape index (κ1) is 13.9. The number of benzene rings is 1. The number of aromatic nitrogens is 2. The van der Waals surface area contributed by atoms with Gasteiger partial charge in [0.25, 0.3) is 0 Å². The third-order valence-corrected chi connectivity index (χ3v) is 4.59. The molecule has 0 bridgehead atoms. The summed E-state index contributed by atoms with van der Waals surface area (Å²) < 4.78 is 2.27. The summed E-state index contributed by atoms with van der Waals surface area (Å²) in [5, 5.41) is 4.29. The molecule has 0 amide bonds. The molecule has 1 saturated heterocycles. The lowest BCUT2D eigenvalue weighted by Gasteiger charge is -2.22. The van der Waals surface area contributed by atoms with Gasteiger partial charge < -0.3 is 9.88 Å². The van der Waals surface area contributed by atoms with Crippen molar-refractivity contribution in [2.45, 2.75) is 39.2 Å². The third kappa shape index (κ3) is 2.70. The van der Waals surface area contributed by atoms with Crippen LogP contribution < -0.4 is 5.32 Å². The van der Waals surface area contributed by atoms with Crippen LogP contribution in [0.2, 0.25) is 5.02 Å². The van der Waals surface area contributed by atoms with Gasteiger partial charge in [0.05, 0.1) is 16.1 Å².